The van der Waals surface area contributed by atoms with Crippen molar-refractivity contribution in [2.75, 3.05) is 32.9 Å². The molecule has 5 heterocycles. The van der Waals surface area contributed by atoms with Gasteiger partial charge in [0.15, 0.2) is 12.3 Å². The number of carbonyl (C=O) groups excluding carboxylic acids is 3. The van der Waals surface area contributed by atoms with E-state index in [1.165, 1.54) is 5.06 Å². The minimum absolute atomic E-state index is 0.0148. The highest BCUT2D eigenvalue weighted by molar-refractivity contribution is 5.96. The third-order valence-corrected chi connectivity index (χ3v) is 12.9. The Morgan fingerprint density at radius 3 is 2.26 bits per heavy atom. The summed E-state index contributed by atoms with van der Waals surface area (Å²) >= 11 is 0. The van der Waals surface area contributed by atoms with Crippen LogP contribution in [0.2, 0.25) is 0 Å². The van der Waals surface area contributed by atoms with Crippen LogP contribution in [-0.4, -0.2) is 153 Å². The van der Waals surface area contributed by atoms with Gasteiger partial charge in [0.05, 0.1) is 26.4 Å². The van der Waals surface area contributed by atoms with Crippen LogP contribution in [0.4, 0.5) is 0 Å². The van der Waals surface area contributed by atoms with Crippen LogP contribution in [0.1, 0.15) is 41.5 Å². The fourth-order valence-corrected chi connectivity index (χ4v) is 9.97. The van der Waals surface area contributed by atoms with Crippen LogP contribution in [0.5, 0.6) is 0 Å². The minimum Gasteiger partial charge on any atom is -0.458 e. The van der Waals surface area contributed by atoms with Gasteiger partial charge in [-0.3, -0.25) is 19.2 Å². The number of likely N-dealkylation sites (tertiary alicyclic amines) is 1. The second kappa shape index (κ2) is 17.5. The van der Waals surface area contributed by atoms with Gasteiger partial charge in [0.1, 0.15) is 60.3 Å². The fraction of sp³-hybridized carbons (Fsp3) is 0.489. The van der Waals surface area contributed by atoms with Gasteiger partial charge >= 0.3 is 5.97 Å². The molecule has 0 aromatic heterocycles. The van der Waals surface area contributed by atoms with E-state index in [-0.39, 0.29) is 38.6 Å². The summed E-state index contributed by atoms with van der Waals surface area (Å²) in [7, 11) is 0. The Balaban J connectivity index is 0.997. The van der Waals surface area contributed by atoms with Crippen molar-refractivity contribution in [3.8, 4) is 0 Å². The monoisotopic (exact) mass is 857 g/mol. The molecule has 9 rings (SSSR count). The number of aliphatic hydroxyl groups excluding tert-OH is 5. The molecule has 2 bridgehead atoms. The Morgan fingerprint density at radius 1 is 0.887 bits per heavy atom. The lowest BCUT2D eigenvalue weighted by atomic mass is 9.62. The maximum atomic E-state index is 15.4. The van der Waals surface area contributed by atoms with Gasteiger partial charge in [0.2, 0.25) is 17.6 Å². The molecule has 2 amide bonds. The molecule has 12 atom stereocenters. The molecule has 0 spiro atoms. The summed E-state index contributed by atoms with van der Waals surface area (Å²) < 4.78 is 31.2. The standard InChI is InChI=1S/C45H51N3O14/c49-21-19-46-40(54)30-14-7-20-47(30)43(56)44-23-31-36-37(61-45(60-36,28-10-3-1-4-11-28)29-12-5-2-6-13-29)39(44)62-48(38(44)41(55)58-31)24-27-17-15-26(16-18-27)9-8-22-57-42-35(53)34(52)33(51)32(25-50)59-42/h1-6,8-13,15-18,30-39,42,49-53H,7,14,19-25H2,(H,46,54)/t30-,31-,32-,33+,34+,35-,36+,37+,38+,39-,42+,44+/m1/s1. The molecule has 6 N–H and O–H groups in total. The Labute approximate surface area is 357 Å². The molecule has 0 unspecified atom stereocenters. The first kappa shape index (κ1) is 42.7. The summed E-state index contributed by atoms with van der Waals surface area (Å²) in [6.07, 6.45) is -5.97. The molecule has 1 saturated carbocycles. The second-order valence-corrected chi connectivity index (χ2v) is 16.6. The van der Waals surface area contributed by atoms with E-state index in [4.69, 9.17) is 28.5 Å². The molecule has 0 radical (unpaired) electrons. The summed E-state index contributed by atoms with van der Waals surface area (Å²) in [6.45, 7) is -0.409. The van der Waals surface area contributed by atoms with E-state index in [2.05, 4.69) is 5.32 Å². The predicted molar refractivity (Wildman–Crippen MR) is 215 cm³/mol. The van der Waals surface area contributed by atoms with Crippen molar-refractivity contribution in [1.82, 2.24) is 15.3 Å². The minimum atomic E-state index is -1.55. The maximum absolute atomic E-state index is 15.4. The van der Waals surface area contributed by atoms with Crippen LogP contribution in [0.3, 0.4) is 0 Å². The molecule has 62 heavy (non-hydrogen) atoms. The van der Waals surface area contributed by atoms with E-state index < -0.39 is 96.9 Å². The van der Waals surface area contributed by atoms with Crippen LogP contribution in [-0.2, 0) is 55.2 Å². The molecule has 6 aliphatic rings. The quantitative estimate of drug-likeness (QED) is 0.126. The zero-order valence-corrected chi connectivity index (χ0v) is 33.8. The highest BCUT2D eigenvalue weighted by Crippen LogP contribution is 2.60. The van der Waals surface area contributed by atoms with Crippen molar-refractivity contribution in [3.63, 3.8) is 0 Å². The first-order valence-corrected chi connectivity index (χ1v) is 21.1. The van der Waals surface area contributed by atoms with Gasteiger partial charge < -0.3 is 59.4 Å². The van der Waals surface area contributed by atoms with Crippen molar-refractivity contribution in [2.24, 2.45) is 5.41 Å². The number of rotatable bonds is 13. The summed E-state index contributed by atoms with van der Waals surface area (Å²) in [5.74, 6) is -2.85. The summed E-state index contributed by atoms with van der Waals surface area (Å²) in [6, 6.07) is 24.3. The number of nitrogens with zero attached hydrogens (tertiary/aromatic N) is 2. The molecule has 6 fully saturated rings. The van der Waals surface area contributed by atoms with Gasteiger partial charge in [-0.1, -0.05) is 97.1 Å². The van der Waals surface area contributed by atoms with Gasteiger partial charge in [-0.2, -0.15) is 5.06 Å². The Hall–Kier alpha value is -4.63. The van der Waals surface area contributed by atoms with Crippen molar-refractivity contribution in [2.45, 2.75) is 98.8 Å². The lowest BCUT2D eigenvalue weighted by molar-refractivity contribution is -0.298. The van der Waals surface area contributed by atoms with Crippen LogP contribution in [0, 0.1) is 5.41 Å². The normalized spacial score (nSPS) is 34.9. The third kappa shape index (κ3) is 7.34. The van der Waals surface area contributed by atoms with E-state index >= 15 is 4.79 Å². The number of aliphatic hydroxyl groups is 5. The molecule has 3 aromatic rings. The van der Waals surface area contributed by atoms with Gasteiger partial charge in [0.25, 0.3) is 0 Å². The van der Waals surface area contributed by atoms with Crippen LogP contribution in [0.25, 0.3) is 6.08 Å². The number of amides is 2. The molecular formula is C45H51N3O14. The van der Waals surface area contributed by atoms with Crippen molar-refractivity contribution < 1.29 is 68.4 Å². The van der Waals surface area contributed by atoms with E-state index in [1.807, 2.05) is 84.9 Å². The summed E-state index contributed by atoms with van der Waals surface area (Å²) in [4.78, 5) is 51.6. The number of hydroxylamine groups is 2. The molecule has 330 valence electrons. The number of hydrogen-bond acceptors (Lipinski definition) is 15. The lowest BCUT2D eigenvalue weighted by Crippen LogP contribution is -2.70. The van der Waals surface area contributed by atoms with Gasteiger partial charge in [-0.05, 0) is 24.0 Å². The van der Waals surface area contributed by atoms with E-state index in [9.17, 15) is 35.1 Å². The number of nitrogens with one attached hydrogen (secondary N) is 1. The molecule has 17 heteroatoms. The van der Waals surface area contributed by atoms with E-state index in [0.29, 0.717) is 30.5 Å². The Bertz CT molecular complexity index is 2070. The Kier molecular flexibility index (Phi) is 12.0. The second-order valence-electron chi connectivity index (χ2n) is 16.6. The van der Waals surface area contributed by atoms with Gasteiger partial charge in [-0.25, -0.2) is 0 Å². The average molecular weight is 858 g/mol. The maximum Gasteiger partial charge on any atom is 0.327 e. The average Bonchev–Trinajstić information content (AvgIpc) is 4.04. The zero-order chi connectivity index (χ0) is 43.2. The molecule has 3 aromatic carbocycles. The van der Waals surface area contributed by atoms with Crippen molar-refractivity contribution >= 4 is 23.9 Å². The SMILES string of the molecule is O=C(NCCO)[C@H]1CCCN1C(=O)[C@@]12C[C@H]3OC(=O)[C@@H]1N(Cc1ccc(C=CCO[C@H]4O[C@H](CO)[C@H](O)[C@H](O)[C@H]4O)cc1)O[C@@H]2[C@H]1OC(c2ccccc2)(c2ccccc2)O[C@H]13. The molecule has 5 saturated heterocycles. The molecule has 5 aliphatic heterocycles. The van der Waals surface area contributed by atoms with Crippen LogP contribution < -0.4 is 5.32 Å². The van der Waals surface area contributed by atoms with E-state index in [1.54, 1.807) is 17.1 Å². The number of hydrogen-bond donors (Lipinski definition) is 6. The smallest absolute Gasteiger partial charge is 0.327 e. The third-order valence-electron chi connectivity index (χ3n) is 12.9. The Morgan fingerprint density at radius 2 is 1.58 bits per heavy atom. The van der Waals surface area contributed by atoms with Crippen LogP contribution >= 0.6 is 0 Å². The fourth-order valence-electron chi connectivity index (χ4n) is 9.97. The zero-order valence-electron chi connectivity index (χ0n) is 33.8. The topological polar surface area (TPSA) is 226 Å². The summed E-state index contributed by atoms with van der Waals surface area (Å²) in [5, 5.41) is 53.4. The first-order valence-electron chi connectivity index (χ1n) is 21.1. The number of fused-ring (bicyclic) bond motifs is 4. The largest absolute Gasteiger partial charge is 0.458 e. The van der Waals surface area contributed by atoms with Crippen molar-refractivity contribution in [3.05, 3.63) is 113 Å². The molecule has 1 aliphatic carbocycles. The van der Waals surface area contributed by atoms with Gasteiger partial charge in [-0.15, -0.1) is 0 Å². The number of esters is 1. The van der Waals surface area contributed by atoms with Crippen molar-refractivity contribution in [1.29, 1.82) is 0 Å². The number of benzene rings is 3. The number of carbonyl (C=O) groups is 3. The summed E-state index contributed by atoms with van der Waals surface area (Å²) in [5.41, 5.74) is 1.44. The number of ether oxygens (including phenoxy) is 5. The predicted octanol–water partition coefficient (Wildman–Crippen LogP) is 0.101. The highest BCUT2D eigenvalue weighted by atomic mass is 16.8. The van der Waals surface area contributed by atoms with E-state index in [0.717, 1.165) is 11.1 Å². The highest BCUT2D eigenvalue weighted by Gasteiger charge is 2.77. The van der Waals surface area contributed by atoms with Gasteiger partial charge in [0, 0.05) is 30.6 Å². The molecular weight excluding hydrogens is 807 g/mol. The lowest BCUT2D eigenvalue weighted by Gasteiger charge is -2.50. The van der Waals surface area contributed by atoms with Crippen LogP contribution in [0.15, 0.2) is 91.0 Å². The molecule has 17 nitrogen and oxygen atoms in total. The first-order chi connectivity index (χ1) is 30.1.